The van der Waals surface area contributed by atoms with Crippen LogP contribution in [0.15, 0.2) is 71.9 Å². The van der Waals surface area contributed by atoms with Gasteiger partial charge in [-0.1, -0.05) is 85.8 Å². The first-order valence-electron chi connectivity index (χ1n) is 7.95. The molecular weight excluding hydrogens is 268 g/mol. The number of aliphatic hydroxyl groups excluding tert-OH is 1. The van der Waals surface area contributed by atoms with Gasteiger partial charge in [0.2, 0.25) is 0 Å². The van der Waals surface area contributed by atoms with E-state index >= 15 is 0 Å². The smallest absolute Gasteiger partial charge is 0.0729 e. The van der Waals surface area contributed by atoms with Crippen LogP contribution < -0.4 is 0 Å². The van der Waals surface area contributed by atoms with Crippen LogP contribution >= 0.6 is 0 Å². The lowest BCUT2D eigenvalue weighted by molar-refractivity contribution is 0.117. The zero-order valence-electron chi connectivity index (χ0n) is 14.6. The van der Waals surface area contributed by atoms with Crippen molar-refractivity contribution in [3.63, 3.8) is 0 Å². The van der Waals surface area contributed by atoms with E-state index in [4.69, 9.17) is 0 Å². The number of rotatable bonds is 5. The summed E-state index contributed by atoms with van der Waals surface area (Å²) >= 11 is 0. The average Bonchev–Trinajstić information content (AvgIpc) is 2.36. The molecule has 1 aliphatic rings. The molecule has 0 bridgehead atoms. The summed E-state index contributed by atoms with van der Waals surface area (Å²) in [6, 6.07) is 0. The van der Waals surface area contributed by atoms with Crippen molar-refractivity contribution in [2.75, 3.05) is 0 Å². The predicted molar refractivity (Wildman–Crippen MR) is 97.6 cm³/mol. The molecule has 0 amide bonds. The molecule has 0 aliphatic heterocycles. The van der Waals surface area contributed by atoms with Crippen molar-refractivity contribution >= 4 is 0 Å². The largest absolute Gasteiger partial charge is 0.389 e. The van der Waals surface area contributed by atoms with E-state index in [9.17, 15) is 5.11 Å². The van der Waals surface area contributed by atoms with E-state index < -0.39 is 0 Å². The Morgan fingerprint density at radius 1 is 1.23 bits per heavy atom. The number of aliphatic hydroxyl groups is 1. The lowest BCUT2D eigenvalue weighted by Gasteiger charge is -2.38. The van der Waals surface area contributed by atoms with Crippen molar-refractivity contribution in [3.8, 4) is 0 Å². The Hall–Kier alpha value is -1.60. The highest BCUT2D eigenvalue weighted by Crippen LogP contribution is 2.41. The molecule has 0 spiro atoms. The summed E-state index contributed by atoms with van der Waals surface area (Å²) in [7, 11) is 0. The minimum atomic E-state index is -0.307. The topological polar surface area (TPSA) is 20.2 Å². The van der Waals surface area contributed by atoms with Crippen molar-refractivity contribution in [3.05, 3.63) is 71.9 Å². The molecule has 0 aromatic rings. The Balaban J connectivity index is 2.80. The van der Waals surface area contributed by atoms with E-state index in [2.05, 4.69) is 71.6 Å². The molecule has 1 aliphatic carbocycles. The molecule has 0 saturated carbocycles. The summed E-state index contributed by atoms with van der Waals surface area (Å²) in [5.74, 6) is 0.380. The summed E-state index contributed by atoms with van der Waals surface area (Å²) < 4.78 is 0. The first-order valence-corrected chi connectivity index (χ1v) is 7.95. The van der Waals surface area contributed by atoms with Gasteiger partial charge in [0.25, 0.3) is 0 Å². The summed E-state index contributed by atoms with van der Waals surface area (Å²) in [6.45, 7) is 14.4. The molecule has 2 atom stereocenters. The maximum absolute atomic E-state index is 9.89. The molecular formula is C21H30O. The maximum atomic E-state index is 9.89. The minimum absolute atomic E-state index is 0.0914. The average molecular weight is 298 g/mol. The summed E-state index contributed by atoms with van der Waals surface area (Å²) in [5, 5.41) is 9.89. The highest BCUT2D eigenvalue weighted by atomic mass is 16.3. The van der Waals surface area contributed by atoms with Crippen LogP contribution in [0.5, 0.6) is 0 Å². The molecule has 1 nitrogen and oxygen atoms in total. The van der Waals surface area contributed by atoms with Crippen LogP contribution in [-0.2, 0) is 0 Å². The molecule has 0 aromatic carbocycles. The molecule has 1 heteroatoms. The summed E-state index contributed by atoms with van der Waals surface area (Å²) in [4.78, 5) is 0. The first kappa shape index (κ1) is 18.4. The molecule has 1 rings (SSSR count). The van der Waals surface area contributed by atoms with Crippen LogP contribution in [0.2, 0.25) is 0 Å². The van der Waals surface area contributed by atoms with Crippen molar-refractivity contribution in [2.24, 2.45) is 11.3 Å². The minimum Gasteiger partial charge on any atom is -0.389 e. The van der Waals surface area contributed by atoms with Crippen molar-refractivity contribution < 1.29 is 5.11 Å². The van der Waals surface area contributed by atoms with Gasteiger partial charge in [-0.2, -0.15) is 0 Å². The van der Waals surface area contributed by atoms with E-state index in [0.717, 1.165) is 6.42 Å². The Bertz CT molecular complexity index is 538. The number of allylic oxidation sites excluding steroid dienone is 10. The molecule has 0 radical (unpaired) electrons. The van der Waals surface area contributed by atoms with Crippen molar-refractivity contribution in [2.45, 2.75) is 47.1 Å². The summed E-state index contributed by atoms with van der Waals surface area (Å²) in [6.07, 6.45) is 17.0. The molecule has 0 fully saturated rings. The first-order chi connectivity index (χ1) is 10.3. The normalized spacial score (nSPS) is 26.5. The highest BCUT2D eigenvalue weighted by molar-refractivity contribution is 5.30. The lowest BCUT2D eigenvalue weighted by Crippen LogP contribution is -2.32. The Morgan fingerprint density at radius 2 is 1.86 bits per heavy atom. The Kier molecular flexibility index (Phi) is 6.83. The molecule has 0 saturated heterocycles. The molecule has 1 N–H and O–H groups in total. The standard InChI is InChI=1S/C21H30O/c1-7-9-16(2)10-8-11-17(3)12-13-20-18(4)14-19(22)15-21(20,5)6/h7-14,19-20,22H,1,15H2,2-6H3/b10-8+,13-12+,16-9+,17-11+. The van der Waals surface area contributed by atoms with Crippen LogP contribution in [0, 0.1) is 11.3 Å². The van der Waals surface area contributed by atoms with Gasteiger partial charge in [-0.05, 0) is 32.6 Å². The number of hydrogen-bond donors (Lipinski definition) is 1. The lowest BCUT2D eigenvalue weighted by atomic mass is 9.67. The molecule has 22 heavy (non-hydrogen) atoms. The van der Waals surface area contributed by atoms with Gasteiger partial charge in [0, 0.05) is 5.92 Å². The van der Waals surface area contributed by atoms with Gasteiger partial charge >= 0.3 is 0 Å². The zero-order chi connectivity index (χ0) is 16.8. The van der Waals surface area contributed by atoms with Crippen LogP contribution in [-0.4, -0.2) is 11.2 Å². The monoisotopic (exact) mass is 298 g/mol. The molecule has 120 valence electrons. The third kappa shape index (κ3) is 5.65. The number of hydrogen-bond acceptors (Lipinski definition) is 1. The van der Waals surface area contributed by atoms with Gasteiger partial charge in [0.1, 0.15) is 0 Å². The molecule has 0 aromatic heterocycles. The van der Waals surface area contributed by atoms with Gasteiger partial charge < -0.3 is 5.11 Å². The van der Waals surface area contributed by atoms with Gasteiger partial charge in [-0.3, -0.25) is 0 Å². The predicted octanol–water partition coefficient (Wildman–Crippen LogP) is 5.53. The highest BCUT2D eigenvalue weighted by Gasteiger charge is 2.34. The second kappa shape index (κ2) is 8.14. The van der Waals surface area contributed by atoms with E-state index in [1.807, 2.05) is 12.2 Å². The second-order valence-corrected chi connectivity index (χ2v) is 6.92. The van der Waals surface area contributed by atoms with Gasteiger partial charge in [-0.25, -0.2) is 0 Å². The molecule has 2 unspecified atom stereocenters. The van der Waals surface area contributed by atoms with Crippen molar-refractivity contribution in [1.29, 1.82) is 0 Å². The summed E-state index contributed by atoms with van der Waals surface area (Å²) in [5.41, 5.74) is 3.75. The SMILES string of the molecule is C=C/C=C(C)/C=C/C=C(C)/C=C/C1C(C)=CC(O)CC1(C)C. The van der Waals surface area contributed by atoms with Crippen LogP contribution in [0.4, 0.5) is 0 Å². The van der Waals surface area contributed by atoms with E-state index in [0.29, 0.717) is 5.92 Å². The van der Waals surface area contributed by atoms with E-state index in [-0.39, 0.29) is 11.5 Å². The third-order valence-corrected chi connectivity index (χ3v) is 4.17. The van der Waals surface area contributed by atoms with E-state index in [1.165, 1.54) is 16.7 Å². The fraction of sp³-hybridized carbons (Fsp3) is 0.429. The maximum Gasteiger partial charge on any atom is 0.0729 e. The van der Waals surface area contributed by atoms with Gasteiger partial charge in [0.15, 0.2) is 0 Å². The quantitative estimate of drug-likeness (QED) is 0.522. The fourth-order valence-corrected chi connectivity index (χ4v) is 3.06. The fourth-order valence-electron chi connectivity index (χ4n) is 3.06. The zero-order valence-corrected chi connectivity index (χ0v) is 14.6. The second-order valence-electron chi connectivity index (χ2n) is 6.92. The van der Waals surface area contributed by atoms with Crippen LogP contribution in [0.25, 0.3) is 0 Å². The van der Waals surface area contributed by atoms with Crippen molar-refractivity contribution in [1.82, 2.24) is 0 Å². The van der Waals surface area contributed by atoms with Crippen LogP contribution in [0.1, 0.15) is 41.0 Å². The van der Waals surface area contributed by atoms with Crippen LogP contribution in [0.3, 0.4) is 0 Å². The van der Waals surface area contributed by atoms with Gasteiger partial charge in [0.05, 0.1) is 6.10 Å². The van der Waals surface area contributed by atoms with Gasteiger partial charge in [-0.15, -0.1) is 0 Å². The molecule has 0 heterocycles. The Morgan fingerprint density at radius 3 is 2.45 bits per heavy atom. The van der Waals surface area contributed by atoms with E-state index in [1.54, 1.807) is 6.08 Å². The third-order valence-electron chi connectivity index (χ3n) is 4.17. The Labute approximate surface area is 136 Å².